The van der Waals surface area contributed by atoms with E-state index in [1.807, 2.05) is 152 Å². The van der Waals surface area contributed by atoms with Crippen LogP contribution >= 0.6 is 46.4 Å². The molecule has 0 fully saturated rings. The molecule has 0 saturated carbocycles. The molecule has 4 heterocycles. The Balaban J connectivity index is 0.000000103. The minimum Gasteiger partial charge on any atom is -0.456 e. The zero-order chi connectivity index (χ0) is 95.9. The lowest BCUT2D eigenvalue weighted by molar-refractivity contribution is 0.660. The highest BCUT2D eigenvalue weighted by atomic mass is 35.5. The number of benzene rings is 21. The molecule has 21 aromatic carbocycles. The van der Waals surface area contributed by atoms with Gasteiger partial charge in [-0.05, 0) is 272 Å². The Morgan fingerprint density at radius 3 is 1.02 bits per heavy atom. The number of halogens is 4. The van der Waals surface area contributed by atoms with Gasteiger partial charge < -0.3 is 37.3 Å². The fourth-order valence-corrected chi connectivity index (χ4v) is 21.7. The number of fused-ring (bicyclic) bond motifs is 19. The van der Waals surface area contributed by atoms with Gasteiger partial charge in [0.2, 0.25) is 0 Å². The molecule has 0 saturated heterocycles. The zero-order valence-corrected chi connectivity index (χ0v) is 81.0. The van der Waals surface area contributed by atoms with E-state index in [9.17, 15) is 0 Å². The van der Waals surface area contributed by atoms with E-state index in [4.69, 9.17) is 64.1 Å². The lowest BCUT2D eigenvalue weighted by Crippen LogP contribution is -2.16. The van der Waals surface area contributed by atoms with Crippen molar-refractivity contribution in [1.29, 1.82) is 0 Å². The molecule has 0 radical (unpaired) electrons. The standard InChI is InChI=1S/C39H28ClNO.C34H22ClNO.C33H24ClNO.C24H16ClNO/c1-39(2)34-11-5-3-8-30(34)31-23-22-29(24-35(31)39)41(28-20-16-26(17-21-28)25-14-18-27(40)19-15-25)36-12-7-10-33-32-9-4-6-13-37(32)42-38(33)36;35-27-8-5-9-29(21-27)36(30-18-19-32-31-10-3-4-11-33(31)37-34(32)22-30)28-16-14-24(15-17-28)26-13-12-23-6-1-2-7-25(23)20-26;1-33(2)29-12-5-3-10-25(29)28-19-23(15-17-30(28)33)35(22-9-7-8-21(34)18-22)24-14-16-27-26-11-4-6-13-31(26)36-32(27)20-24;25-17-8-6-11-19(16-17)26(18-9-2-1-3-10-18)22-14-7-13-21-20-12-4-5-15-23(20)27-24(21)22/h3-24H,1-2H3;1-22H;3-20H,1-2H3;1-16H. The van der Waals surface area contributed by atoms with E-state index >= 15 is 0 Å². The van der Waals surface area contributed by atoms with Gasteiger partial charge >= 0.3 is 0 Å². The van der Waals surface area contributed by atoms with Gasteiger partial charge in [-0.25, -0.2) is 0 Å². The van der Waals surface area contributed by atoms with E-state index in [0.717, 1.165) is 172 Å². The Hall–Kier alpha value is -16.6. The molecule has 0 N–H and O–H groups in total. The summed E-state index contributed by atoms with van der Waals surface area (Å²) in [6, 6.07) is 164. The van der Waals surface area contributed by atoms with E-state index < -0.39 is 0 Å². The first-order chi connectivity index (χ1) is 69.5. The monoisotopic (exact) mass is 1910 g/mol. The average Bonchev–Trinajstić information content (AvgIpc) is 1.58. The molecule has 8 nitrogen and oxygen atoms in total. The molecular weight excluding hydrogens is 1820 g/mol. The summed E-state index contributed by atoms with van der Waals surface area (Å²) in [6.07, 6.45) is 0. The fourth-order valence-electron chi connectivity index (χ4n) is 21.0. The van der Waals surface area contributed by atoms with E-state index in [1.165, 1.54) is 66.4 Å². The van der Waals surface area contributed by atoms with Crippen molar-refractivity contribution in [3.63, 3.8) is 0 Å². The van der Waals surface area contributed by atoms with Crippen LogP contribution in [0.15, 0.2) is 491 Å². The number of anilines is 12. The highest BCUT2D eigenvalue weighted by molar-refractivity contribution is 6.32. The lowest BCUT2D eigenvalue weighted by Gasteiger charge is -2.28. The molecule has 27 rings (SSSR count). The summed E-state index contributed by atoms with van der Waals surface area (Å²) in [4.78, 5) is 8.97. The fraction of sp³-hybridized carbons (Fsp3) is 0.0462. The molecule has 0 atom stereocenters. The third kappa shape index (κ3) is 16.3. The summed E-state index contributed by atoms with van der Waals surface area (Å²) >= 11 is 25.3. The predicted molar refractivity (Wildman–Crippen MR) is 597 cm³/mol. The first-order valence-electron chi connectivity index (χ1n) is 47.6. The van der Waals surface area contributed by atoms with E-state index in [2.05, 4.69) is 369 Å². The van der Waals surface area contributed by atoms with Crippen molar-refractivity contribution in [2.45, 2.75) is 38.5 Å². The maximum absolute atomic E-state index is 6.54. The van der Waals surface area contributed by atoms with Gasteiger partial charge in [-0.15, -0.1) is 0 Å². The third-order valence-electron chi connectivity index (χ3n) is 27.9. The number of hydrogen-bond acceptors (Lipinski definition) is 8. The quantitative estimate of drug-likeness (QED) is 0.107. The SMILES string of the molecule is CC1(C)c2ccccc2-c2cc(N(c3cccc(Cl)c3)c3ccc4c(c3)oc3ccccc34)ccc21.CC1(C)c2ccccc2-c2ccc(N(c3ccc(-c4ccc(Cl)cc4)cc3)c3cccc4c3oc3ccccc34)cc21.Clc1cccc(N(c2ccc(-c3ccc4ccccc4c3)cc2)c2ccc3c(c2)oc2ccccc23)c1.Clc1cccc(N(c2ccccc2)c2cccc3c2oc2ccccc23)c1. The number of rotatable bonds is 14. The molecule has 4 aromatic heterocycles. The minimum absolute atomic E-state index is 0.0292. The minimum atomic E-state index is -0.0998. The van der Waals surface area contributed by atoms with Crippen molar-refractivity contribution in [3.05, 3.63) is 516 Å². The summed E-state index contributed by atoms with van der Waals surface area (Å²) in [5, 5.41) is 14.3. The smallest absolute Gasteiger partial charge is 0.159 e. The average molecular weight is 1910 g/mol. The first-order valence-corrected chi connectivity index (χ1v) is 49.1. The molecule has 0 bridgehead atoms. The summed E-state index contributed by atoms with van der Waals surface area (Å²) < 4.78 is 25.2. The van der Waals surface area contributed by atoms with Crippen LogP contribution in [0.3, 0.4) is 0 Å². The largest absolute Gasteiger partial charge is 0.456 e. The van der Waals surface area contributed by atoms with Crippen molar-refractivity contribution in [1.82, 2.24) is 0 Å². The molecule has 25 aromatic rings. The Bertz CT molecular complexity index is 9150. The molecule has 682 valence electrons. The molecule has 2 aliphatic carbocycles. The second-order valence-electron chi connectivity index (χ2n) is 37.1. The van der Waals surface area contributed by atoms with Crippen LogP contribution in [0.1, 0.15) is 49.9 Å². The molecule has 0 spiro atoms. The van der Waals surface area contributed by atoms with E-state index in [1.54, 1.807) is 0 Å². The van der Waals surface area contributed by atoms with Gasteiger partial charge in [0.1, 0.15) is 33.5 Å². The van der Waals surface area contributed by atoms with Crippen molar-refractivity contribution < 1.29 is 17.7 Å². The van der Waals surface area contributed by atoms with Crippen LogP contribution < -0.4 is 19.6 Å². The van der Waals surface area contributed by atoms with Crippen LogP contribution in [0.25, 0.3) is 143 Å². The number of nitrogens with zero attached hydrogens (tertiary/aromatic N) is 4. The van der Waals surface area contributed by atoms with Crippen LogP contribution in [0.5, 0.6) is 0 Å². The summed E-state index contributed by atoms with van der Waals surface area (Å²) in [6.45, 7) is 9.27. The molecule has 0 amide bonds. The normalized spacial score (nSPS) is 12.5. The number of furan rings is 4. The summed E-state index contributed by atoms with van der Waals surface area (Å²) in [7, 11) is 0. The lowest BCUT2D eigenvalue weighted by atomic mass is 9.82. The number of hydrogen-bond donors (Lipinski definition) is 0. The predicted octanol–water partition coefficient (Wildman–Crippen LogP) is 39.9. The number of para-hydroxylation sites is 7. The van der Waals surface area contributed by atoms with Crippen molar-refractivity contribution in [3.8, 4) is 44.5 Å². The Kier molecular flexibility index (Phi) is 22.8. The van der Waals surface area contributed by atoms with Gasteiger partial charge in [-0.1, -0.05) is 341 Å². The summed E-state index contributed by atoms with van der Waals surface area (Å²) in [5.41, 5.74) is 34.5. The van der Waals surface area contributed by atoms with E-state index in [0.29, 0.717) is 15.1 Å². The zero-order valence-electron chi connectivity index (χ0n) is 78.0. The topological polar surface area (TPSA) is 65.5 Å². The molecule has 0 aliphatic heterocycles. The van der Waals surface area contributed by atoms with Crippen molar-refractivity contribution >= 4 is 213 Å². The van der Waals surface area contributed by atoms with Crippen LogP contribution in [0.2, 0.25) is 20.1 Å². The van der Waals surface area contributed by atoms with Gasteiger partial charge in [0.15, 0.2) is 11.2 Å². The van der Waals surface area contributed by atoms with Gasteiger partial charge in [0, 0.05) is 143 Å². The Morgan fingerprint density at radius 2 is 0.500 bits per heavy atom. The molecular formula is C130H90Cl4N4O4. The van der Waals surface area contributed by atoms with Crippen LogP contribution in [0.4, 0.5) is 68.2 Å². The molecule has 142 heavy (non-hydrogen) atoms. The maximum atomic E-state index is 6.54. The molecule has 12 heteroatoms. The van der Waals surface area contributed by atoms with Gasteiger partial charge in [-0.3, -0.25) is 0 Å². The maximum Gasteiger partial charge on any atom is 0.159 e. The highest BCUT2D eigenvalue weighted by Gasteiger charge is 2.38. The second kappa shape index (κ2) is 36.7. The van der Waals surface area contributed by atoms with Gasteiger partial charge in [-0.2, -0.15) is 0 Å². The van der Waals surface area contributed by atoms with Gasteiger partial charge in [0.25, 0.3) is 0 Å². The summed E-state index contributed by atoms with van der Waals surface area (Å²) in [5.74, 6) is 0. The highest BCUT2D eigenvalue weighted by Crippen LogP contribution is 2.55. The van der Waals surface area contributed by atoms with Crippen molar-refractivity contribution in [2.24, 2.45) is 0 Å². The molecule has 0 unspecified atom stereocenters. The van der Waals surface area contributed by atoms with Crippen LogP contribution in [-0.2, 0) is 10.8 Å². The second-order valence-corrected chi connectivity index (χ2v) is 38.9. The van der Waals surface area contributed by atoms with Gasteiger partial charge in [0.05, 0.1) is 11.4 Å². The third-order valence-corrected chi connectivity index (χ3v) is 28.8. The Labute approximate surface area is 842 Å². The van der Waals surface area contributed by atoms with E-state index in [-0.39, 0.29) is 10.8 Å². The molecule has 2 aliphatic rings. The first kappa shape index (κ1) is 88.2. The Morgan fingerprint density at radius 1 is 0.176 bits per heavy atom. The van der Waals surface area contributed by atoms with Crippen LogP contribution in [0, 0.1) is 0 Å². The van der Waals surface area contributed by atoms with Crippen molar-refractivity contribution in [2.75, 3.05) is 19.6 Å². The van der Waals surface area contributed by atoms with Crippen LogP contribution in [-0.4, -0.2) is 0 Å².